The lowest BCUT2D eigenvalue weighted by Gasteiger charge is -2.34. The highest BCUT2D eigenvalue weighted by Crippen LogP contribution is 2.32. The zero-order valence-electron chi connectivity index (χ0n) is 13.2. The summed E-state index contributed by atoms with van der Waals surface area (Å²) in [6.07, 6.45) is 10.6. The molecule has 0 radical (unpaired) electrons. The molecule has 1 aromatic heterocycles. The van der Waals surface area contributed by atoms with Crippen molar-refractivity contribution in [2.75, 3.05) is 31.1 Å². The minimum Gasteiger partial charge on any atom is -0.341 e. The van der Waals surface area contributed by atoms with Crippen molar-refractivity contribution >= 4 is 11.9 Å². The Morgan fingerprint density at radius 1 is 1.14 bits per heavy atom. The number of nitrogens with zero attached hydrogens (tertiary/aromatic N) is 4. The molecule has 0 aromatic carbocycles. The number of carbonyl (C=O) groups is 1. The minimum absolute atomic E-state index is 0.167. The molecular weight excluding hydrogens is 276 g/mol. The van der Waals surface area contributed by atoms with E-state index in [2.05, 4.69) is 14.9 Å². The number of anilines is 1. The highest BCUT2D eigenvalue weighted by atomic mass is 16.2. The standard InChI is InChI=1S/C17H24N4O/c1-2-4-16(22)21-12-7-15(13-21)14-5-10-20(11-6-14)17-18-8-3-9-19-17/h2-4,8-9,14-15H,5-7,10-13H2,1H3/b4-2+. The maximum Gasteiger partial charge on any atom is 0.246 e. The molecule has 0 bridgehead atoms. The fraction of sp³-hybridized carbons (Fsp3) is 0.588. The third-order valence-corrected chi connectivity index (χ3v) is 4.89. The Labute approximate surface area is 132 Å². The number of hydrogen-bond acceptors (Lipinski definition) is 4. The molecule has 2 fully saturated rings. The minimum atomic E-state index is 0.167. The third-order valence-electron chi connectivity index (χ3n) is 4.89. The van der Waals surface area contributed by atoms with Gasteiger partial charge in [0, 0.05) is 38.6 Å². The van der Waals surface area contributed by atoms with Crippen LogP contribution in [0.15, 0.2) is 30.6 Å². The Bertz CT molecular complexity index is 523. The van der Waals surface area contributed by atoms with E-state index in [0.29, 0.717) is 5.92 Å². The third kappa shape index (κ3) is 3.29. The van der Waals surface area contributed by atoms with Gasteiger partial charge >= 0.3 is 0 Å². The van der Waals surface area contributed by atoms with Crippen LogP contribution in [0.4, 0.5) is 5.95 Å². The Kier molecular flexibility index (Phi) is 4.71. The van der Waals surface area contributed by atoms with Crippen LogP contribution in [-0.4, -0.2) is 47.0 Å². The molecule has 2 saturated heterocycles. The van der Waals surface area contributed by atoms with E-state index in [9.17, 15) is 4.79 Å². The van der Waals surface area contributed by atoms with E-state index in [1.807, 2.05) is 24.0 Å². The van der Waals surface area contributed by atoms with E-state index in [1.54, 1.807) is 18.5 Å². The van der Waals surface area contributed by atoms with Gasteiger partial charge in [-0.1, -0.05) is 6.08 Å². The number of amides is 1. The van der Waals surface area contributed by atoms with Crippen molar-refractivity contribution in [3.05, 3.63) is 30.6 Å². The number of aromatic nitrogens is 2. The second-order valence-corrected chi connectivity index (χ2v) is 6.21. The molecule has 1 atom stereocenters. The Morgan fingerprint density at radius 2 is 1.82 bits per heavy atom. The number of hydrogen-bond donors (Lipinski definition) is 0. The van der Waals surface area contributed by atoms with Crippen molar-refractivity contribution in [3.8, 4) is 0 Å². The van der Waals surface area contributed by atoms with E-state index >= 15 is 0 Å². The molecule has 3 rings (SSSR count). The molecule has 0 saturated carbocycles. The number of carbonyl (C=O) groups excluding carboxylic acids is 1. The van der Waals surface area contributed by atoms with E-state index < -0.39 is 0 Å². The van der Waals surface area contributed by atoms with Crippen molar-refractivity contribution in [3.63, 3.8) is 0 Å². The SMILES string of the molecule is C/C=C/C(=O)N1CCC(C2CCN(c3ncccn3)CC2)C1. The second-order valence-electron chi connectivity index (χ2n) is 6.21. The van der Waals surface area contributed by atoms with Gasteiger partial charge in [-0.2, -0.15) is 0 Å². The predicted molar refractivity (Wildman–Crippen MR) is 86.5 cm³/mol. The summed E-state index contributed by atoms with van der Waals surface area (Å²) in [7, 11) is 0. The fourth-order valence-electron chi connectivity index (χ4n) is 3.65. The second kappa shape index (κ2) is 6.90. The van der Waals surface area contributed by atoms with Gasteiger partial charge in [0.05, 0.1) is 0 Å². The molecule has 5 nitrogen and oxygen atoms in total. The molecule has 118 valence electrons. The zero-order valence-corrected chi connectivity index (χ0v) is 13.2. The average molecular weight is 300 g/mol. The first-order chi connectivity index (χ1) is 10.8. The van der Waals surface area contributed by atoms with E-state index in [0.717, 1.165) is 44.5 Å². The number of likely N-dealkylation sites (tertiary alicyclic amines) is 1. The highest BCUT2D eigenvalue weighted by Gasteiger charge is 2.33. The lowest BCUT2D eigenvalue weighted by Crippen LogP contribution is -2.38. The molecule has 2 aliphatic heterocycles. The molecular formula is C17H24N4O. The summed E-state index contributed by atoms with van der Waals surface area (Å²) in [5.74, 6) is 2.40. The van der Waals surface area contributed by atoms with Crippen LogP contribution in [0.1, 0.15) is 26.2 Å². The van der Waals surface area contributed by atoms with Crippen molar-refractivity contribution in [2.24, 2.45) is 11.8 Å². The van der Waals surface area contributed by atoms with Gasteiger partial charge in [-0.15, -0.1) is 0 Å². The summed E-state index contributed by atoms with van der Waals surface area (Å²) in [6.45, 7) is 5.78. The first-order valence-corrected chi connectivity index (χ1v) is 8.21. The van der Waals surface area contributed by atoms with E-state index in [-0.39, 0.29) is 5.91 Å². The summed E-state index contributed by atoms with van der Waals surface area (Å²) in [5, 5.41) is 0. The first kappa shape index (κ1) is 15.0. The monoisotopic (exact) mass is 300 g/mol. The van der Waals surface area contributed by atoms with Crippen LogP contribution in [0, 0.1) is 11.8 Å². The van der Waals surface area contributed by atoms with E-state index in [1.165, 1.54) is 12.8 Å². The van der Waals surface area contributed by atoms with Gasteiger partial charge in [0.1, 0.15) is 0 Å². The van der Waals surface area contributed by atoms with Gasteiger partial charge in [-0.3, -0.25) is 4.79 Å². The molecule has 1 amide bonds. The van der Waals surface area contributed by atoms with Gasteiger partial charge in [0.25, 0.3) is 0 Å². The normalized spacial score (nSPS) is 23.4. The lowest BCUT2D eigenvalue weighted by atomic mass is 9.84. The number of piperidine rings is 1. The summed E-state index contributed by atoms with van der Waals surface area (Å²) in [6, 6.07) is 1.85. The predicted octanol–water partition coefficient (Wildman–Crippen LogP) is 2.12. The highest BCUT2D eigenvalue weighted by molar-refractivity contribution is 5.87. The van der Waals surface area contributed by atoms with Crippen molar-refractivity contribution < 1.29 is 4.79 Å². The molecule has 5 heteroatoms. The van der Waals surface area contributed by atoms with Crippen molar-refractivity contribution in [1.29, 1.82) is 0 Å². The zero-order chi connectivity index (χ0) is 15.4. The Morgan fingerprint density at radius 3 is 2.50 bits per heavy atom. The van der Waals surface area contributed by atoms with Gasteiger partial charge < -0.3 is 9.80 Å². The number of rotatable bonds is 3. The van der Waals surface area contributed by atoms with Crippen LogP contribution in [0.3, 0.4) is 0 Å². The summed E-state index contributed by atoms with van der Waals surface area (Å²) in [4.78, 5) is 24.9. The molecule has 0 aliphatic carbocycles. The van der Waals surface area contributed by atoms with Crippen LogP contribution in [0.25, 0.3) is 0 Å². The lowest BCUT2D eigenvalue weighted by molar-refractivity contribution is -0.125. The Balaban J connectivity index is 1.51. The van der Waals surface area contributed by atoms with Crippen LogP contribution in [0.5, 0.6) is 0 Å². The van der Waals surface area contributed by atoms with Gasteiger partial charge in [-0.05, 0) is 50.2 Å². The maximum atomic E-state index is 11.9. The molecule has 0 spiro atoms. The maximum absolute atomic E-state index is 11.9. The first-order valence-electron chi connectivity index (χ1n) is 8.21. The van der Waals surface area contributed by atoms with Crippen LogP contribution in [0.2, 0.25) is 0 Å². The van der Waals surface area contributed by atoms with Crippen LogP contribution < -0.4 is 4.90 Å². The largest absolute Gasteiger partial charge is 0.341 e. The van der Waals surface area contributed by atoms with Gasteiger partial charge in [-0.25, -0.2) is 9.97 Å². The van der Waals surface area contributed by atoms with Crippen LogP contribution >= 0.6 is 0 Å². The summed E-state index contributed by atoms with van der Waals surface area (Å²) < 4.78 is 0. The summed E-state index contributed by atoms with van der Waals surface area (Å²) in [5.41, 5.74) is 0. The van der Waals surface area contributed by atoms with Crippen LogP contribution in [-0.2, 0) is 4.79 Å². The van der Waals surface area contributed by atoms with Crippen molar-refractivity contribution in [1.82, 2.24) is 14.9 Å². The number of allylic oxidation sites excluding steroid dienone is 1. The topological polar surface area (TPSA) is 49.3 Å². The molecule has 1 unspecified atom stereocenters. The van der Waals surface area contributed by atoms with Gasteiger partial charge in [0.15, 0.2) is 0 Å². The molecule has 1 aromatic rings. The molecule has 2 aliphatic rings. The van der Waals surface area contributed by atoms with Gasteiger partial charge in [0.2, 0.25) is 11.9 Å². The van der Waals surface area contributed by atoms with Crippen molar-refractivity contribution in [2.45, 2.75) is 26.2 Å². The fourth-order valence-corrected chi connectivity index (χ4v) is 3.65. The van der Waals surface area contributed by atoms with E-state index in [4.69, 9.17) is 0 Å². The molecule has 0 N–H and O–H groups in total. The molecule has 3 heterocycles. The smallest absolute Gasteiger partial charge is 0.246 e. The Hall–Kier alpha value is -1.91. The summed E-state index contributed by atoms with van der Waals surface area (Å²) >= 11 is 0. The average Bonchev–Trinajstić information content (AvgIpc) is 3.06. The quantitative estimate of drug-likeness (QED) is 0.802. The molecule has 22 heavy (non-hydrogen) atoms.